The van der Waals surface area contributed by atoms with Gasteiger partial charge in [0.1, 0.15) is 5.82 Å². The lowest BCUT2D eigenvalue weighted by atomic mass is 10.1. The number of amides is 1. The molecule has 5 nitrogen and oxygen atoms in total. The van der Waals surface area contributed by atoms with E-state index >= 15 is 0 Å². The van der Waals surface area contributed by atoms with Crippen LogP contribution < -0.4 is 5.73 Å². The van der Waals surface area contributed by atoms with Gasteiger partial charge in [-0.25, -0.2) is 0 Å². The van der Waals surface area contributed by atoms with Gasteiger partial charge in [-0.05, 0) is 18.6 Å². The number of rotatable bonds is 1. The first-order valence-electron chi connectivity index (χ1n) is 6.00. The lowest BCUT2D eigenvalue weighted by Crippen LogP contribution is -2.34. The van der Waals surface area contributed by atoms with E-state index in [-0.39, 0.29) is 10.7 Å². The molecule has 0 atom stereocenters. The van der Waals surface area contributed by atoms with Crippen molar-refractivity contribution in [1.29, 1.82) is 0 Å². The smallest absolute Gasteiger partial charge is 0.274 e. The Kier molecular flexibility index (Phi) is 3.75. The Hall–Kier alpha value is -1.30. The third kappa shape index (κ3) is 3.13. The molecular formula is C12H18N4OS. The Morgan fingerprint density at radius 3 is 2.83 bits per heavy atom. The van der Waals surface area contributed by atoms with Crippen LogP contribution in [-0.2, 0) is 0 Å². The highest BCUT2D eigenvalue weighted by molar-refractivity contribution is 8.00. The fraction of sp³-hybridized carbons (Fsp3) is 0.583. The fourth-order valence-corrected chi connectivity index (χ4v) is 2.94. The van der Waals surface area contributed by atoms with Crippen LogP contribution in [0.5, 0.6) is 0 Å². The van der Waals surface area contributed by atoms with Crippen LogP contribution in [0.2, 0.25) is 0 Å². The summed E-state index contributed by atoms with van der Waals surface area (Å²) in [5, 5.41) is 7.57. The number of carbonyl (C=O) groups is 1. The van der Waals surface area contributed by atoms with Crippen LogP contribution in [-0.4, -0.2) is 44.6 Å². The predicted molar refractivity (Wildman–Crippen MR) is 73.5 cm³/mol. The van der Waals surface area contributed by atoms with Crippen molar-refractivity contribution in [2.75, 3.05) is 24.6 Å². The summed E-state index contributed by atoms with van der Waals surface area (Å²) < 4.78 is 0.238. The first-order chi connectivity index (χ1) is 8.48. The summed E-state index contributed by atoms with van der Waals surface area (Å²) in [6, 6.07) is 3.24. The van der Waals surface area contributed by atoms with Gasteiger partial charge < -0.3 is 10.6 Å². The number of anilines is 1. The third-order valence-electron chi connectivity index (χ3n) is 3.03. The zero-order valence-corrected chi connectivity index (χ0v) is 11.5. The van der Waals surface area contributed by atoms with E-state index < -0.39 is 0 Å². The minimum Gasteiger partial charge on any atom is -0.382 e. The normalized spacial score (nSPS) is 19.3. The Bertz CT molecular complexity index is 432. The van der Waals surface area contributed by atoms with Gasteiger partial charge in [0.2, 0.25) is 0 Å². The minimum absolute atomic E-state index is 0.0548. The predicted octanol–water partition coefficient (Wildman–Crippen LogP) is 1.42. The van der Waals surface area contributed by atoms with Crippen LogP contribution in [0.4, 0.5) is 5.82 Å². The van der Waals surface area contributed by atoms with Crippen molar-refractivity contribution in [3.05, 3.63) is 17.8 Å². The highest BCUT2D eigenvalue weighted by atomic mass is 32.2. The van der Waals surface area contributed by atoms with Crippen molar-refractivity contribution >= 4 is 23.5 Å². The van der Waals surface area contributed by atoms with Crippen molar-refractivity contribution in [2.45, 2.75) is 25.0 Å². The SMILES string of the molecule is CC1(C)CCN(C(=O)c2ccc(N)nn2)CCS1. The van der Waals surface area contributed by atoms with Crippen molar-refractivity contribution in [2.24, 2.45) is 0 Å². The molecular weight excluding hydrogens is 248 g/mol. The first-order valence-corrected chi connectivity index (χ1v) is 6.99. The highest BCUT2D eigenvalue weighted by Gasteiger charge is 2.26. The zero-order chi connectivity index (χ0) is 13.2. The van der Waals surface area contributed by atoms with E-state index in [2.05, 4.69) is 24.0 Å². The van der Waals surface area contributed by atoms with Gasteiger partial charge in [-0.2, -0.15) is 11.8 Å². The van der Waals surface area contributed by atoms with E-state index in [1.165, 1.54) is 0 Å². The molecule has 0 aromatic carbocycles. The number of nitrogen functional groups attached to an aromatic ring is 1. The number of nitrogens with zero attached hydrogens (tertiary/aromatic N) is 3. The molecule has 1 saturated heterocycles. The molecule has 0 aliphatic carbocycles. The second kappa shape index (κ2) is 5.14. The minimum atomic E-state index is -0.0548. The molecule has 1 aromatic heterocycles. The van der Waals surface area contributed by atoms with Crippen molar-refractivity contribution in [3.8, 4) is 0 Å². The average molecular weight is 266 g/mol. The second-order valence-electron chi connectivity index (χ2n) is 4.99. The highest BCUT2D eigenvalue weighted by Crippen LogP contribution is 2.30. The number of aromatic nitrogens is 2. The van der Waals surface area contributed by atoms with Gasteiger partial charge in [-0.15, -0.1) is 10.2 Å². The average Bonchev–Trinajstić information content (AvgIpc) is 2.50. The fourth-order valence-electron chi connectivity index (χ4n) is 1.84. The number of thioether (sulfide) groups is 1. The summed E-state index contributed by atoms with van der Waals surface area (Å²) >= 11 is 1.91. The summed E-state index contributed by atoms with van der Waals surface area (Å²) in [4.78, 5) is 14.1. The first kappa shape index (κ1) is 13.1. The van der Waals surface area contributed by atoms with Crippen molar-refractivity contribution in [3.63, 3.8) is 0 Å². The van der Waals surface area contributed by atoms with Gasteiger partial charge in [-0.1, -0.05) is 13.8 Å². The maximum Gasteiger partial charge on any atom is 0.274 e. The Morgan fingerprint density at radius 2 is 2.17 bits per heavy atom. The Labute approximate surface area is 111 Å². The van der Waals surface area contributed by atoms with Crippen LogP contribution in [0.25, 0.3) is 0 Å². The van der Waals surface area contributed by atoms with E-state index in [9.17, 15) is 4.79 Å². The number of hydrogen-bond acceptors (Lipinski definition) is 5. The summed E-state index contributed by atoms with van der Waals surface area (Å²) in [7, 11) is 0. The maximum absolute atomic E-state index is 12.2. The molecule has 0 bridgehead atoms. The molecule has 0 unspecified atom stereocenters. The topological polar surface area (TPSA) is 72.1 Å². The monoisotopic (exact) mass is 266 g/mol. The van der Waals surface area contributed by atoms with Crippen LogP contribution in [0.15, 0.2) is 12.1 Å². The van der Waals surface area contributed by atoms with Crippen LogP contribution in [0, 0.1) is 0 Å². The van der Waals surface area contributed by atoms with Crippen molar-refractivity contribution < 1.29 is 4.79 Å². The third-order valence-corrected chi connectivity index (χ3v) is 4.40. The Balaban J connectivity index is 2.07. The lowest BCUT2D eigenvalue weighted by Gasteiger charge is -2.22. The van der Waals surface area contributed by atoms with Gasteiger partial charge in [0, 0.05) is 23.6 Å². The van der Waals surface area contributed by atoms with E-state index in [0.717, 1.165) is 25.3 Å². The molecule has 1 aliphatic rings. The lowest BCUT2D eigenvalue weighted by molar-refractivity contribution is 0.0757. The van der Waals surface area contributed by atoms with E-state index in [0.29, 0.717) is 11.5 Å². The van der Waals surface area contributed by atoms with E-state index in [4.69, 9.17) is 5.73 Å². The number of hydrogen-bond donors (Lipinski definition) is 1. The molecule has 18 heavy (non-hydrogen) atoms. The molecule has 1 amide bonds. The molecule has 2 rings (SSSR count). The molecule has 0 saturated carbocycles. The molecule has 1 aliphatic heterocycles. The molecule has 2 N–H and O–H groups in total. The van der Waals surface area contributed by atoms with Crippen LogP contribution >= 0.6 is 11.8 Å². The molecule has 1 fully saturated rings. The summed E-state index contributed by atoms with van der Waals surface area (Å²) in [5.41, 5.74) is 5.83. The van der Waals surface area contributed by atoms with Gasteiger partial charge in [0.25, 0.3) is 5.91 Å². The molecule has 6 heteroatoms. The van der Waals surface area contributed by atoms with Gasteiger partial charge in [-0.3, -0.25) is 4.79 Å². The van der Waals surface area contributed by atoms with Gasteiger partial charge >= 0.3 is 0 Å². The Morgan fingerprint density at radius 1 is 1.39 bits per heavy atom. The summed E-state index contributed by atoms with van der Waals surface area (Å²) in [6.45, 7) is 5.97. The molecule has 2 heterocycles. The summed E-state index contributed by atoms with van der Waals surface area (Å²) in [5.74, 6) is 1.24. The second-order valence-corrected chi connectivity index (χ2v) is 6.80. The van der Waals surface area contributed by atoms with Gasteiger partial charge in [0.05, 0.1) is 0 Å². The van der Waals surface area contributed by atoms with Gasteiger partial charge in [0.15, 0.2) is 5.69 Å². The maximum atomic E-state index is 12.2. The quantitative estimate of drug-likeness (QED) is 0.832. The zero-order valence-electron chi connectivity index (χ0n) is 10.7. The molecule has 1 aromatic rings. The van der Waals surface area contributed by atoms with E-state index in [1.54, 1.807) is 12.1 Å². The van der Waals surface area contributed by atoms with E-state index in [1.807, 2.05) is 16.7 Å². The number of carbonyl (C=O) groups excluding carboxylic acids is 1. The molecule has 0 spiro atoms. The number of nitrogens with two attached hydrogens (primary N) is 1. The largest absolute Gasteiger partial charge is 0.382 e. The van der Waals surface area contributed by atoms with Crippen LogP contribution in [0.1, 0.15) is 30.8 Å². The molecule has 0 radical (unpaired) electrons. The van der Waals surface area contributed by atoms with Crippen LogP contribution in [0.3, 0.4) is 0 Å². The molecule has 98 valence electrons. The van der Waals surface area contributed by atoms with Crippen molar-refractivity contribution in [1.82, 2.24) is 15.1 Å². The standard InChI is InChI=1S/C12H18N4OS/c1-12(2)5-6-16(7-8-18-12)11(17)9-3-4-10(13)15-14-9/h3-4H,5-8H2,1-2H3,(H2,13,15). The summed E-state index contributed by atoms with van der Waals surface area (Å²) in [6.07, 6.45) is 0.992.